The van der Waals surface area contributed by atoms with E-state index in [0.717, 1.165) is 45.2 Å². The second-order valence-electron chi connectivity index (χ2n) is 11.1. The molecule has 3 N–H and O–H groups in total. The number of primary amides is 1. The van der Waals surface area contributed by atoms with Crippen molar-refractivity contribution in [2.24, 2.45) is 17.1 Å². The average Bonchev–Trinajstić information content (AvgIpc) is 3.17. The molecule has 0 aromatic rings. The number of hydrogen-bond donors (Lipinski definition) is 2. The van der Waals surface area contributed by atoms with Crippen molar-refractivity contribution in [2.45, 2.75) is 90.9 Å². The van der Waals surface area contributed by atoms with Crippen LogP contribution in [0.1, 0.15) is 66.7 Å². The van der Waals surface area contributed by atoms with Gasteiger partial charge in [0.15, 0.2) is 0 Å². The van der Waals surface area contributed by atoms with E-state index in [0.29, 0.717) is 6.54 Å². The summed E-state index contributed by atoms with van der Waals surface area (Å²) in [5.74, 6) is -0.254. The van der Waals surface area contributed by atoms with Gasteiger partial charge in [0.1, 0.15) is 6.04 Å². The highest BCUT2D eigenvalue weighted by molar-refractivity contribution is 5.90. The number of likely N-dealkylation sites (tertiary alicyclic amines) is 2. The van der Waals surface area contributed by atoms with Crippen molar-refractivity contribution in [3.8, 4) is 0 Å². The van der Waals surface area contributed by atoms with Gasteiger partial charge in [-0.1, -0.05) is 41.0 Å². The van der Waals surface area contributed by atoms with Crippen LogP contribution in [0.5, 0.6) is 0 Å². The molecule has 2 fully saturated rings. The Morgan fingerprint density at radius 2 is 1.69 bits per heavy atom. The molecule has 2 rings (SSSR count). The standard InChI is InChI=1S/C24H45N5O3/c1-16(2)19(15-29-14-10-12-17(29)21(25)30)28(7)23(32)20(24(3,4)5)26-22(31)18-11-8-9-13-27(18)6/h16-20H,8-15H2,1-7H3,(H2,25,30)(H,26,31)/t17-,18?,19+,20?/m0/s1. The van der Waals surface area contributed by atoms with Gasteiger partial charge >= 0.3 is 0 Å². The first-order valence-corrected chi connectivity index (χ1v) is 12.1. The maximum absolute atomic E-state index is 13.7. The molecule has 2 heterocycles. The molecule has 0 aromatic heterocycles. The number of nitrogens with one attached hydrogen (secondary N) is 1. The van der Waals surface area contributed by atoms with Crippen LogP contribution in [0.3, 0.4) is 0 Å². The summed E-state index contributed by atoms with van der Waals surface area (Å²) < 4.78 is 0. The number of carbonyl (C=O) groups excluding carboxylic acids is 3. The lowest BCUT2D eigenvalue weighted by Gasteiger charge is -2.41. The van der Waals surface area contributed by atoms with E-state index in [1.54, 1.807) is 4.90 Å². The topological polar surface area (TPSA) is 99.0 Å². The summed E-state index contributed by atoms with van der Waals surface area (Å²) in [6, 6.07) is -1.16. The predicted molar refractivity (Wildman–Crippen MR) is 127 cm³/mol. The molecular formula is C24H45N5O3. The van der Waals surface area contributed by atoms with Gasteiger partial charge in [-0.05, 0) is 57.2 Å². The lowest BCUT2D eigenvalue weighted by atomic mass is 9.84. The van der Waals surface area contributed by atoms with Crippen LogP contribution in [-0.4, -0.2) is 90.3 Å². The molecule has 2 aliphatic heterocycles. The molecule has 2 aliphatic rings. The van der Waals surface area contributed by atoms with Gasteiger partial charge < -0.3 is 16.0 Å². The molecule has 4 atom stereocenters. The Bertz CT molecular complexity index is 675. The first-order chi connectivity index (χ1) is 14.8. The maximum Gasteiger partial charge on any atom is 0.245 e. The number of nitrogens with zero attached hydrogens (tertiary/aromatic N) is 3. The number of piperidine rings is 1. The number of likely N-dealkylation sites (N-methyl/N-ethyl adjacent to an activating group) is 2. The fraction of sp³-hybridized carbons (Fsp3) is 0.875. The average molecular weight is 452 g/mol. The zero-order valence-electron chi connectivity index (χ0n) is 21.2. The summed E-state index contributed by atoms with van der Waals surface area (Å²) in [5, 5.41) is 3.09. The van der Waals surface area contributed by atoms with Crippen molar-refractivity contribution in [3.05, 3.63) is 0 Å². The second kappa shape index (κ2) is 11.0. The molecule has 0 aromatic carbocycles. The molecule has 0 aliphatic carbocycles. The second-order valence-corrected chi connectivity index (χ2v) is 11.1. The van der Waals surface area contributed by atoms with E-state index in [9.17, 15) is 14.4 Å². The van der Waals surface area contributed by atoms with E-state index in [4.69, 9.17) is 5.73 Å². The Morgan fingerprint density at radius 3 is 2.22 bits per heavy atom. The van der Waals surface area contributed by atoms with Crippen LogP contribution in [0.2, 0.25) is 0 Å². The van der Waals surface area contributed by atoms with E-state index in [1.165, 1.54) is 0 Å². The zero-order chi connectivity index (χ0) is 24.2. The van der Waals surface area contributed by atoms with E-state index < -0.39 is 11.5 Å². The van der Waals surface area contributed by atoms with E-state index >= 15 is 0 Å². The van der Waals surface area contributed by atoms with Crippen LogP contribution in [0.25, 0.3) is 0 Å². The molecule has 0 radical (unpaired) electrons. The molecule has 2 unspecified atom stereocenters. The summed E-state index contributed by atoms with van der Waals surface area (Å²) in [5.41, 5.74) is 5.17. The molecular weight excluding hydrogens is 406 g/mol. The monoisotopic (exact) mass is 451 g/mol. The van der Waals surface area contributed by atoms with Gasteiger partial charge in [0.25, 0.3) is 0 Å². The van der Waals surface area contributed by atoms with Gasteiger partial charge in [-0.3, -0.25) is 24.2 Å². The van der Waals surface area contributed by atoms with E-state index in [1.807, 2.05) is 34.9 Å². The number of rotatable bonds is 8. The van der Waals surface area contributed by atoms with Gasteiger partial charge in [0.2, 0.25) is 17.7 Å². The van der Waals surface area contributed by atoms with E-state index in [2.05, 4.69) is 29.0 Å². The summed E-state index contributed by atoms with van der Waals surface area (Å²) >= 11 is 0. The summed E-state index contributed by atoms with van der Waals surface area (Å²) in [7, 11) is 3.80. The number of amides is 3. The molecule has 0 spiro atoms. The minimum absolute atomic E-state index is 0.0664. The Kier molecular flexibility index (Phi) is 9.11. The Labute approximate surface area is 194 Å². The number of hydrogen-bond acceptors (Lipinski definition) is 5. The van der Waals surface area contributed by atoms with Gasteiger partial charge in [-0.15, -0.1) is 0 Å². The van der Waals surface area contributed by atoms with Crippen molar-refractivity contribution >= 4 is 17.7 Å². The SMILES string of the molecule is CC(C)[C@@H](CN1CCC[C@H]1C(N)=O)N(C)C(=O)C(NC(=O)C1CCCCN1C)C(C)(C)C. The Morgan fingerprint density at radius 1 is 1.06 bits per heavy atom. The van der Waals surface area contributed by atoms with Crippen LogP contribution < -0.4 is 11.1 Å². The highest BCUT2D eigenvalue weighted by Gasteiger charge is 2.40. The first-order valence-electron chi connectivity index (χ1n) is 12.1. The van der Waals surface area contributed by atoms with Gasteiger partial charge in [0.05, 0.1) is 12.1 Å². The van der Waals surface area contributed by atoms with Crippen molar-refractivity contribution in [2.75, 3.05) is 33.7 Å². The quantitative estimate of drug-likeness (QED) is 0.582. The molecule has 3 amide bonds. The normalized spacial score (nSPS) is 24.9. The molecule has 8 nitrogen and oxygen atoms in total. The van der Waals surface area contributed by atoms with Crippen LogP contribution in [0.4, 0.5) is 0 Å². The minimum atomic E-state index is -0.623. The largest absolute Gasteiger partial charge is 0.368 e. The third-order valence-electron chi connectivity index (χ3n) is 7.20. The third-order valence-corrected chi connectivity index (χ3v) is 7.20. The maximum atomic E-state index is 13.7. The zero-order valence-corrected chi connectivity index (χ0v) is 21.2. The lowest BCUT2D eigenvalue weighted by Crippen LogP contribution is -2.61. The van der Waals surface area contributed by atoms with Crippen LogP contribution in [-0.2, 0) is 14.4 Å². The molecule has 0 saturated carbocycles. The molecule has 2 saturated heterocycles. The third kappa shape index (κ3) is 6.44. The summed E-state index contributed by atoms with van der Waals surface area (Å²) in [4.78, 5) is 44.6. The summed E-state index contributed by atoms with van der Waals surface area (Å²) in [6.45, 7) is 12.5. The highest BCUT2D eigenvalue weighted by Crippen LogP contribution is 2.26. The Balaban J connectivity index is 2.17. The Hall–Kier alpha value is -1.67. The predicted octanol–water partition coefficient (Wildman–Crippen LogP) is 1.43. The van der Waals surface area contributed by atoms with E-state index in [-0.39, 0.29) is 41.8 Å². The minimum Gasteiger partial charge on any atom is -0.368 e. The molecule has 8 heteroatoms. The fourth-order valence-electron chi connectivity index (χ4n) is 5.05. The molecule has 32 heavy (non-hydrogen) atoms. The highest BCUT2D eigenvalue weighted by atomic mass is 16.2. The fourth-order valence-corrected chi connectivity index (χ4v) is 5.05. The van der Waals surface area contributed by atoms with Crippen molar-refractivity contribution in [1.29, 1.82) is 0 Å². The van der Waals surface area contributed by atoms with Gasteiger partial charge in [-0.25, -0.2) is 0 Å². The van der Waals surface area contributed by atoms with Crippen LogP contribution >= 0.6 is 0 Å². The summed E-state index contributed by atoms with van der Waals surface area (Å²) in [6.07, 6.45) is 4.66. The number of carbonyl (C=O) groups is 3. The lowest BCUT2D eigenvalue weighted by molar-refractivity contribution is -0.142. The molecule has 184 valence electrons. The van der Waals surface area contributed by atoms with Crippen LogP contribution in [0.15, 0.2) is 0 Å². The van der Waals surface area contributed by atoms with Gasteiger partial charge in [-0.2, -0.15) is 0 Å². The first kappa shape index (κ1) is 26.6. The van der Waals surface area contributed by atoms with Crippen molar-refractivity contribution in [3.63, 3.8) is 0 Å². The number of nitrogens with two attached hydrogens (primary N) is 1. The molecule has 0 bridgehead atoms. The van der Waals surface area contributed by atoms with Crippen molar-refractivity contribution < 1.29 is 14.4 Å². The van der Waals surface area contributed by atoms with Gasteiger partial charge in [0, 0.05) is 19.6 Å². The smallest absolute Gasteiger partial charge is 0.245 e. The van der Waals surface area contributed by atoms with Crippen molar-refractivity contribution in [1.82, 2.24) is 20.0 Å². The van der Waals surface area contributed by atoms with Crippen LogP contribution in [0, 0.1) is 11.3 Å².